The van der Waals surface area contributed by atoms with E-state index in [1.807, 2.05) is 0 Å². The summed E-state index contributed by atoms with van der Waals surface area (Å²) in [4.78, 5) is 10.7. The molecule has 2 heteroatoms. The Bertz CT molecular complexity index is 89.3. The highest BCUT2D eigenvalue weighted by molar-refractivity contribution is 5.69. The van der Waals surface area contributed by atoms with E-state index in [0.29, 0.717) is 19.4 Å². The fourth-order valence-electron chi connectivity index (χ4n) is 0.547. The molecule has 0 radical (unpaired) electrons. The van der Waals surface area contributed by atoms with Crippen LogP contribution in [0.25, 0.3) is 0 Å². The van der Waals surface area contributed by atoms with Crippen molar-refractivity contribution >= 4 is 5.97 Å². The zero-order valence-electron chi connectivity index (χ0n) is 6.56. The minimum absolute atomic E-state index is 0.122. The Morgan fingerprint density at radius 3 is 2.80 bits per heavy atom. The second kappa shape index (κ2) is 6.46. The maximum absolute atomic E-state index is 10.7. The van der Waals surface area contributed by atoms with E-state index in [9.17, 15) is 4.79 Å². The van der Waals surface area contributed by atoms with Gasteiger partial charge in [0.05, 0.1) is 26.4 Å². The first kappa shape index (κ1) is 9.34. The van der Waals surface area contributed by atoms with Crippen molar-refractivity contribution in [3.63, 3.8) is 0 Å². The first-order valence-corrected chi connectivity index (χ1v) is 3.76. The number of hydrogen-bond acceptors (Lipinski definition) is 2. The zero-order valence-corrected chi connectivity index (χ0v) is 6.56. The van der Waals surface area contributed by atoms with Crippen molar-refractivity contribution in [2.24, 2.45) is 0 Å². The van der Waals surface area contributed by atoms with Crippen molar-refractivity contribution in [3.05, 3.63) is 6.92 Å². The highest BCUT2D eigenvalue weighted by Crippen LogP contribution is 1.93. The molecule has 0 aromatic carbocycles. The Morgan fingerprint density at radius 1 is 1.60 bits per heavy atom. The van der Waals surface area contributed by atoms with Gasteiger partial charge in [-0.3, -0.25) is 4.79 Å². The summed E-state index contributed by atoms with van der Waals surface area (Å²) in [5.74, 6) is -0.122. The molecule has 0 aliphatic heterocycles. The highest BCUT2D eigenvalue weighted by atomic mass is 16.5. The van der Waals surface area contributed by atoms with Gasteiger partial charge in [0.1, 0.15) is 0 Å². The van der Waals surface area contributed by atoms with Gasteiger partial charge in [-0.05, 0) is 6.42 Å². The van der Waals surface area contributed by atoms with Crippen LogP contribution in [0.4, 0.5) is 0 Å². The van der Waals surface area contributed by atoms with E-state index in [2.05, 4.69) is 13.8 Å². The molecule has 0 aliphatic carbocycles. The molecule has 0 N–H and O–H groups in total. The van der Waals surface area contributed by atoms with E-state index in [1.165, 1.54) is 0 Å². The number of unbranched alkanes of at least 4 members (excludes halogenated alkanes) is 1. The second-order valence-corrected chi connectivity index (χ2v) is 2.18. The Balaban J connectivity index is 3.05. The predicted molar refractivity (Wildman–Crippen MR) is 40.5 cm³/mol. The fraction of sp³-hybridized carbons (Fsp3) is 0.750. The third kappa shape index (κ3) is 5.48. The second-order valence-electron chi connectivity index (χ2n) is 2.18. The fourth-order valence-corrected chi connectivity index (χ4v) is 0.547. The number of hydrogen-bond donors (Lipinski definition) is 0. The molecule has 0 heterocycles. The molecule has 0 fully saturated rings. The Hall–Kier alpha value is -0.660. The first-order valence-electron chi connectivity index (χ1n) is 3.76. The van der Waals surface area contributed by atoms with Crippen LogP contribution in [0.1, 0.15) is 32.6 Å². The molecular formula is C8H15O2+. The van der Waals surface area contributed by atoms with Crippen molar-refractivity contribution in [2.75, 3.05) is 6.61 Å². The summed E-state index contributed by atoms with van der Waals surface area (Å²) < 4.78 is 4.84. The van der Waals surface area contributed by atoms with Gasteiger partial charge in [-0.2, -0.15) is 0 Å². The van der Waals surface area contributed by atoms with Crippen LogP contribution in [0.5, 0.6) is 0 Å². The Morgan fingerprint density at radius 2 is 2.30 bits per heavy atom. The van der Waals surface area contributed by atoms with Gasteiger partial charge in [-0.25, -0.2) is 0 Å². The highest BCUT2D eigenvalue weighted by Gasteiger charge is 2.00. The summed E-state index contributed by atoms with van der Waals surface area (Å²) in [6, 6.07) is 0. The van der Waals surface area contributed by atoms with E-state index in [0.717, 1.165) is 12.8 Å². The van der Waals surface area contributed by atoms with Gasteiger partial charge >= 0.3 is 5.97 Å². The molecule has 0 atom stereocenters. The maximum Gasteiger partial charge on any atom is 0.310 e. The normalized spacial score (nSPS) is 9.30. The van der Waals surface area contributed by atoms with E-state index in [-0.39, 0.29) is 5.97 Å². The lowest BCUT2D eigenvalue weighted by Crippen LogP contribution is -2.04. The predicted octanol–water partition coefficient (Wildman–Crippen LogP) is 1.94. The first-order chi connectivity index (χ1) is 4.81. The molecule has 0 amide bonds. The molecule has 0 aliphatic rings. The third-order valence-electron chi connectivity index (χ3n) is 1.14. The van der Waals surface area contributed by atoms with E-state index < -0.39 is 0 Å². The van der Waals surface area contributed by atoms with Crippen LogP contribution in [0.3, 0.4) is 0 Å². The van der Waals surface area contributed by atoms with Gasteiger partial charge in [0, 0.05) is 0 Å². The minimum Gasteiger partial charge on any atom is -0.466 e. The van der Waals surface area contributed by atoms with Crippen LogP contribution in [0, 0.1) is 6.92 Å². The number of esters is 1. The van der Waals surface area contributed by atoms with Gasteiger partial charge in [0.25, 0.3) is 0 Å². The molecule has 0 spiro atoms. The monoisotopic (exact) mass is 143 g/mol. The van der Waals surface area contributed by atoms with Crippen LogP contribution in [-0.4, -0.2) is 12.6 Å². The van der Waals surface area contributed by atoms with Gasteiger partial charge in [-0.15, -0.1) is 0 Å². The molecule has 0 aromatic rings. The number of ether oxygens (including phenoxy) is 1. The molecule has 0 saturated heterocycles. The van der Waals surface area contributed by atoms with Crippen molar-refractivity contribution < 1.29 is 9.53 Å². The van der Waals surface area contributed by atoms with E-state index >= 15 is 0 Å². The van der Waals surface area contributed by atoms with Crippen molar-refractivity contribution in [1.29, 1.82) is 0 Å². The average molecular weight is 143 g/mol. The SMILES string of the molecule is [CH2+]CCC(=O)OCCCC. The number of carbonyl (C=O) groups is 1. The summed E-state index contributed by atoms with van der Waals surface area (Å²) in [7, 11) is 0. The van der Waals surface area contributed by atoms with Crippen molar-refractivity contribution in [3.8, 4) is 0 Å². The Labute approximate surface area is 62.6 Å². The summed E-state index contributed by atoms with van der Waals surface area (Å²) in [5, 5.41) is 0. The van der Waals surface area contributed by atoms with E-state index in [4.69, 9.17) is 4.74 Å². The van der Waals surface area contributed by atoms with E-state index in [1.54, 1.807) is 0 Å². The average Bonchev–Trinajstić information content (AvgIpc) is 1.89. The van der Waals surface area contributed by atoms with Gasteiger partial charge in [-0.1, -0.05) is 13.3 Å². The zero-order chi connectivity index (χ0) is 7.82. The standard InChI is InChI=1S/C8H15O2/c1-3-5-7-10-8(9)6-4-2/h2-7H2,1H3/q+1. The minimum atomic E-state index is -0.122. The van der Waals surface area contributed by atoms with Gasteiger partial charge in [0.15, 0.2) is 0 Å². The molecule has 58 valence electrons. The summed E-state index contributed by atoms with van der Waals surface area (Å²) in [6.07, 6.45) is 3.11. The third-order valence-corrected chi connectivity index (χ3v) is 1.14. The molecule has 0 aromatic heterocycles. The number of carbonyl (C=O) groups excluding carboxylic acids is 1. The molecule has 0 bridgehead atoms. The van der Waals surface area contributed by atoms with Gasteiger partial charge < -0.3 is 4.74 Å². The van der Waals surface area contributed by atoms with Crippen molar-refractivity contribution in [1.82, 2.24) is 0 Å². The summed E-state index contributed by atoms with van der Waals surface area (Å²) >= 11 is 0. The van der Waals surface area contributed by atoms with Crippen molar-refractivity contribution in [2.45, 2.75) is 32.6 Å². The molecule has 0 rings (SSSR count). The molecular weight excluding hydrogens is 128 g/mol. The maximum atomic E-state index is 10.7. The molecule has 0 unspecified atom stereocenters. The van der Waals surface area contributed by atoms with Crippen LogP contribution < -0.4 is 0 Å². The van der Waals surface area contributed by atoms with Crippen LogP contribution >= 0.6 is 0 Å². The Kier molecular flexibility index (Phi) is 6.03. The summed E-state index contributed by atoms with van der Waals surface area (Å²) in [5.41, 5.74) is 0. The topological polar surface area (TPSA) is 26.3 Å². The van der Waals surface area contributed by atoms with Gasteiger partial charge in [0.2, 0.25) is 0 Å². The largest absolute Gasteiger partial charge is 0.466 e. The van der Waals surface area contributed by atoms with Crippen LogP contribution in [0.2, 0.25) is 0 Å². The smallest absolute Gasteiger partial charge is 0.310 e. The molecule has 10 heavy (non-hydrogen) atoms. The quantitative estimate of drug-likeness (QED) is 0.334. The molecule has 0 saturated carbocycles. The van der Waals surface area contributed by atoms with Crippen LogP contribution in [0.15, 0.2) is 0 Å². The molecule has 2 nitrogen and oxygen atoms in total. The lowest BCUT2D eigenvalue weighted by molar-refractivity contribution is -0.143. The lowest BCUT2D eigenvalue weighted by Gasteiger charge is -1.99. The number of rotatable bonds is 5. The van der Waals surface area contributed by atoms with Crippen LogP contribution in [-0.2, 0) is 9.53 Å². The summed E-state index contributed by atoms with van der Waals surface area (Å²) in [6.45, 7) is 6.18. The lowest BCUT2D eigenvalue weighted by atomic mass is 10.3.